The Kier molecular flexibility index (Phi) is 5.35. The largest absolute Gasteiger partial charge is 0.476 e. The molecule has 0 atom stereocenters. The van der Waals surface area contributed by atoms with E-state index in [0.29, 0.717) is 6.54 Å². The van der Waals surface area contributed by atoms with Crippen LogP contribution in [-0.2, 0) is 16.8 Å². The number of rotatable bonds is 6. The van der Waals surface area contributed by atoms with Gasteiger partial charge in [-0.15, -0.1) is 5.10 Å². The second kappa shape index (κ2) is 7.68. The number of nitrogens with zero attached hydrogens (tertiary/aromatic N) is 3. The first kappa shape index (κ1) is 18.1. The van der Waals surface area contributed by atoms with Gasteiger partial charge in [0.1, 0.15) is 6.54 Å². The summed E-state index contributed by atoms with van der Waals surface area (Å²) in [7, 11) is 0. The third-order valence-corrected chi connectivity index (χ3v) is 5.13. The number of aromatic carboxylic acids is 1. The van der Waals surface area contributed by atoms with Gasteiger partial charge in [-0.25, -0.2) is 9.48 Å². The van der Waals surface area contributed by atoms with Gasteiger partial charge in [-0.05, 0) is 25.3 Å². The molecule has 2 N–H and O–H groups in total. The summed E-state index contributed by atoms with van der Waals surface area (Å²) in [4.78, 5) is 23.2. The van der Waals surface area contributed by atoms with Crippen molar-refractivity contribution in [3.05, 3.63) is 47.3 Å². The predicted octanol–water partition coefficient (Wildman–Crippen LogP) is 2.30. The van der Waals surface area contributed by atoms with E-state index < -0.39 is 5.97 Å². The van der Waals surface area contributed by atoms with Crippen LogP contribution in [0.5, 0.6) is 0 Å². The zero-order chi connectivity index (χ0) is 18.6. The molecule has 1 fully saturated rings. The van der Waals surface area contributed by atoms with Crippen LogP contribution >= 0.6 is 0 Å². The molecule has 0 saturated heterocycles. The van der Waals surface area contributed by atoms with Gasteiger partial charge >= 0.3 is 5.97 Å². The Morgan fingerprint density at radius 1 is 1.27 bits per heavy atom. The van der Waals surface area contributed by atoms with Crippen LogP contribution in [0, 0.1) is 6.92 Å². The van der Waals surface area contributed by atoms with Gasteiger partial charge < -0.3 is 10.4 Å². The number of hydrogen-bond donors (Lipinski definition) is 2. The maximum atomic E-state index is 12.3. The molecule has 1 aliphatic rings. The number of aryl methyl sites for hydroxylation is 1. The van der Waals surface area contributed by atoms with Crippen molar-refractivity contribution in [3.8, 4) is 0 Å². The van der Waals surface area contributed by atoms with Gasteiger partial charge in [-0.1, -0.05) is 54.3 Å². The van der Waals surface area contributed by atoms with Crippen molar-refractivity contribution in [2.24, 2.45) is 0 Å². The second-order valence-electron chi connectivity index (χ2n) is 7.09. The lowest BCUT2D eigenvalue weighted by atomic mass is 9.69. The molecule has 1 aliphatic carbocycles. The molecule has 7 heteroatoms. The van der Waals surface area contributed by atoms with Gasteiger partial charge in [0, 0.05) is 12.0 Å². The quantitative estimate of drug-likeness (QED) is 0.828. The van der Waals surface area contributed by atoms with Crippen LogP contribution in [0.3, 0.4) is 0 Å². The van der Waals surface area contributed by atoms with Crippen LogP contribution in [0.15, 0.2) is 30.5 Å². The molecule has 1 saturated carbocycles. The fourth-order valence-electron chi connectivity index (χ4n) is 3.72. The number of amides is 1. The van der Waals surface area contributed by atoms with E-state index in [2.05, 4.69) is 46.8 Å². The average Bonchev–Trinajstić information content (AvgIpc) is 3.10. The summed E-state index contributed by atoms with van der Waals surface area (Å²) in [6, 6.07) is 8.53. The maximum Gasteiger partial charge on any atom is 0.358 e. The summed E-state index contributed by atoms with van der Waals surface area (Å²) in [6.45, 7) is 2.63. The first-order chi connectivity index (χ1) is 12.5. The number of nitrogens with one attached hydrogen (secondary N) is 1. The topological polar surface area (TPSA) is 97.1 Å². The van der Waals surface area contributed by atoms with Gasteiger partial charge in [0.05, 0.1) is 6.20 Å². The smallest absolute Gasteiger partial charge is 0.358 e. The van der Waals surface area contributed by atoms with Gasteiger partial charge in [-0.2, -0.15) is 0 Å². The van der Waals surface area contributed by atoms with E-state index in [1.54, 1.807) is 0 Å². The highest BCUT2D eigenvalue weighted by Crippen LogP contribution is 2.39. The first-order valence-electron chi connectivity index (χ1n) is 8.96. The Morgan fingerprint density at radius 3 is 2.69 bits per heavy atom. The van der Waals surface area contributed by atoms with E-state index in [0.717, 1.165) is 25.7 Å². The summed E-state index contributed by atoms with van der Waals surface area (Å²) in [5, 5.41) is 19.1. The molecule has 0 unspecified atom stereocenters. The van der Waals surface area contributed by atoms with Crippen LogP contribution in [0.2, 0.25) is 0 Å². The van der Waals surface area contributed by atoms with E-state index in [-0.39, 0.29) is 23.6 Å². The number of carboxylic acid groups (broad SMARTS) is 1. The molecule has 0 spiro atoms. The zero-order valence-electron chi connectivity index (χ0n) is 14.9. The fraction of sp³-hybridized carbons (Fsp3) is 0.474. The molecule has 1 aromatic carbocycles. The van der Waals surface area contributed by atoms with Gasteiger partial charge in [0.15, 0.2) is 5.69 Å². The molecule has 1 amide bonds. The Morgan fingerprint density at radius 2 is 2.04 bits per heavy atom. The lowest BCUT2D eigenvalue weighted by Crippen LogP contribution is -2.43. The van der Waals surface area contributed by atoms with E-state index in [1.165, 1.54) is 28.4 Å². The normalized spacial score (nSPS) is 16.2. The van der Waals surface area contributed by atoms with E-state index in [9.17, 15) is 9.59 Å². The number of aromatic nitrogens is 3. The van der Waals surface area contributed by atoms with Crippen LogP contribution in [0.4, 0.5) is 0 Å². The second-order valence-corrected chi connectivity index (χ2v) is 7.09. The summed E-state index contributed by atoms with van der Waals surface area (Å²) < 4.78 is 1.25. The molecule has 3 rings (SSSR count). The molecule has 26 heavy (non-hydrogen) atoms. The van der Waals surface area contributed by atoms with Crippen LogP contribution in [-0.4, -0.2) is 38.5 Å². The fourth-order valence-corrected chi connectivity index (χ4v) is 3.72. The molecule has 0 bridgehead atoms. The SMILES string of the molecule is Cc1cccc(C2(CNC(=O)Cn3cc(C(=O)O)nn3)CCCCC2)c1. The minimum Gasteiger partial charge on any atom is -0.476 e. The Hall–Kier alpha value is -2.70. The Bertz CT molecular complexity index is 794. The number of carbonyl (C=O) groups excluding carboxylic acids is 1. The molecule has 7 nitrogen and oxygen atoms in total. The van der Waals surface area contributed by atoms with E-state index >= 15 is 0 Å². The lowest BCUT2D eigenvalue weighted by Gasteiger charge is -2.38. The number of carboxylic acids is 1. The van der Waals surface area contributed by atoms with Crippen molar-refractivity contribution in [2.45, 2.75) is 51.0 Å². The van der Waals surface area contributed by atoms with E-state index in [1.807, 2.05) is 0 Å². The minimum absolute atomic E-state index is 0.0332. The summed E-state index contributed by atoms with van der Waals surface area (Å²) in [6.07, 6.45) is 6.94. The Balaban J connectivity index is 1.67. The number of benzene rings is 1. The highest BCUT2D eigenvalue weighted by Gasteiger charge is 2.34. The van der Waals surface area contributed by atoms with E-state index in [4.69, 9.17) is 5.11 Å². The van der Waals surface area contributed by atoms with Gasteiger partial charge in [-0.3, -0.25) is 4.79 Å². The summed E-state index contributed by atoms with van der Waals surface area (Å²) in [5.74, 6) is -1.35. The van der Waals surface area contributed by atoms with Crippen molar-refractivity contribution in [3.63, 3.8) is 0 Å². The van der Waals surface area contributed by atoms with Crippen LogP contribution in [0.1, 0.15) is 53.7 Å². The number of carbonyl (C=O) groups is 2. The average molecular weight is 356 g/mol. The van der Waals surface area contributed by atoms with Crippen molar-refractivity contribution in [2.75, 3.05) is 6.54 Å². The predicted molar refractivity (Wildman–Crippen MR) is 95.9 cm³/mol. The molecule has 1 aromatic heterocycles. The zero-order valence-corrected chi connectivity index (χ0v) is 14.9. The minimum atomic E-state index is -1.16. The van der Waals surface area contributed by atoms with Gasteiger partial charge in [0.25, 0.3) is 0 Å². The Labute approximate surface area is 152 Å². The molecule has 0 radical (unpaired) electrons. The standard InChI is InChI=1S/C19H24N4O3/c1-14-6-5-7-15(10-14)19(8-3-2-4-9-19)13-20-17(24)12-23-11-16(18(25)26)21-22-23/h5-7,10-11H,2-4,8-9,12-13H2,1H3,(H,20,24)(H,25,26). The van der Waals surface area contributed by atoms with Crippen molar-refractivity contribution < 1.29 is 14.7 Å². The molecule has 2 aromatic rings. The summed E-state index contributed by atoms with van der Waals surface area (Å²) in [5.41, 5.74) is 2.31. The van der Waals surface area contributed by atoms with Crippen LogP contribution < -0.4 is 5.32 Å². The molecule has 1 heterocycles. The first-order valence-corrected chi connectivity index (χ1v) is 8.96. The molecule has 0 aliphatic heterocycles. The highest BCUT2D eigenvalue weighted by atomic mass is 16.4. The summed E-state index contributed by atoms with van der Waals surface area (Å²) >= 11 is 0. The van der Waals surface area contributed by atoms with Crippen molar-refractivity contribution in [1.29, 1.82) is 0 Å². The van der Waals surface area contributed by atoms with Gasteiger partial charge in [0.2, 0.25) is 5.91 Å². The highest BCUT2D eigenvalue weighted by molar-refractivity contribution is 5.84. The monoisotopic (exact) mass is 356 g/mol. The van der Waals surface area contributed by atoms with Crippen molar-refractivity contribution >= 4 is 11.9 Å². The van der Waals surface area contributed by atoms with Crippen LogP contribution in [0.25, 0.3) is 0 Å². The maximum absolute atomic E-state index is 12.3. The third-order valence-electron chi connectivity index (χ3n) is 5.13. The molecular formula is C19H24N4O3. The third kappa shape index (κ3) is 4.09. The molecular weight excluding hydrogens is 332 g/mol. The number of hydrogen-bond acceptors (Lipinski definition) is 4. The van der Waals surface area contributed by atoms with Crippen molar-refractivity contribution in [1.82, 2.24) is 20.3 Å². The lowest BCUT2D eigenvalue weighted by molar-refractivity contribution is -0.122. The molecule has 138 valence electrons.